The predicted molar refractivity (Wildman–Crippen MR) is 75.5 cm³/mol. The molecule has 0 heterocycles. The normalized spacial score (nSPS) is 11.6. The fourth-order valence-corrected chi connectivity index (χ4v) is 1.77. The van der Waals surface area contributed by atoms with Crippen LogP contribution in [0.15, 0.2) is 54.6 Å². The van der Waals surface area contributed by atoms with Crippen LogP contribution < -0.4 is 5.73 Å². The third-order valence-electron chi connectivity index (χ3n) is 2.76. The van der Waals surface area contributed by atoms with Crippen molar-refractivity contribution >= 4 is 12.4 Å². The summed E-state index contributed by atoms with van der Waals surface area (Å²) < 4.78 is 0. The maximum absolute atomic E-state index is 5.82. The first-order valence-corrected chi connectivity index (χ1v) is 5.64. The molecular weight excluding hydrogens is 230 g/mol. The maximum Gasteiger partial charge on any atom is 0.0266 e. The summed E-state index contributed by atoms with van der Waals surface area (Å²) in [7, 11) is 0. The van der Waals surface area contributed by atoms with E-state index in [0.717, 1.165) is 6.42 Å². The van der Waals surface area contributed by atoms with Gasteiger partial charge in [-0.25, -0.2) is 0 Å². The summed E-state index contributed by atoms with van der Waals surface area (Å²) in [6.07, 6.45) is 0.986. The highest BCUT2D eigenvalue weighted by molar-refractivity contribution is 5.85. The van der Waals surface area contributed by atoms with Gasteiger partial charge in [0.15, 0.2) is 0 Å². The first-order valence-electron chi connectivity index (χ1n) is 5.64. The van der Waals surface area contributed by atoms with Crippen LogP contribution in [0.4, 0.5) is 0 Å². The molecule has 0 saturated heterocycles. The summed E-state index contributed by atoms with van der Waals surface area (Å²) in [5.41, 5.74) is 9.68. The van der Waals surface area contributed by atoms with Crippen molar-refractivity contribution in [3.05, 3.63) is 71.3 Å². The molecule has 2 heteroatoms. The van der Waals surface area contributed by atoms with Crippen molar-refractivity contribution in [2.75, 3.05) is 0 Å². The van der Waals surface area contributed by atoms with E-state index in [2.05, 4.69) is 48.5 Å². The largest absolute Gasteiger partial charge is 0.324 e. The standard InChI is InChI=1S/C15H17N.ClH/c1-12(16)15-9-7-14(8-10-15)11-13-5-3-2-4-6-13;/h2-10,12H,11,16H2,1H3;1H. The van der Waals surface area contributed by atoms with Gasteiger partial charge in [0.2, 0.25) is 0 Å². The molecule has 0 aliphatic heterocycles. The molecule has 1 unspecified atom stereocenters. The van der Waals surface area contributed by atoms with Gasteiger partial charge >= 0.3 is 0 Å². The molecule has 2 aromatic rings. The lowest BCUT2D eigenvalue weighted by atomic mass is 10.0. The maximum atomic E-state index is 5.82. The topological polar surface area (TPSA) is 26.0 Å². The fraction of sp³-hybridized carbons (Fsp3) is 0.200. The molecule has 0 aliphatic rings. The Bertz CT molecular complexity index is 434. The minimum atomic E-state index is 0. The molecule has 2 N–H and O–H groups in total. The molecule has 0 amide bonds. The molecule has 0 saturated carbocycles. The van der Waals surface area contributed by atoms with Crippen LogP contribution in [0.25, 0.3) is 0 Å². The number of hydrogen-bond acceptors (Lipinski definition) is 1. The lowest BCUT2D eigenvalue weighted by Crippen LogP contribution is -2.04. The zero-order chi connectivity index (χ0) is 11.4. The van der Waals surface area contributed by atoms with E-state index in [1.54, 1.807) is 0 Å². The van der Waals surface area contributed by atoms with Crippen LogP contribution in [0.1, 0.15) is 29.7 Å². The Morgan fingerprint density at radius 1 is 0.882 bits per heavy atom. The predicted octanol–water partition coefficient (Wildman–Crippen LogP) is 3.72. The fourth-order valence-electron chi connectivity index (χ4n) is 1.77. The van der Waals surface area contributed by atoms with Crippen LogP contribution in [-0.4, -0.2) is 0 Å². The summed E-state index contributed by atoms with van der Waals surface area (Å²) in [4.78, 5) is 0. The third kappa shape index (κ3) is 3.88. The molecule has 2 aromatic carbocycles. The second-order valence-corrected chi connectivity index (χ2v) is 4.19. The van der Waals surface area contributed by atoms with Crippen molar-refractivity contribution in [2.24, 2.45) is 5.73 Å². The second-order valence-electron chi connectivity index (χ2n) is 4.19. The average molecular weight is 248 g/mol. The van der Waals surface area contributed by atoms with Crippen molar-refractivity contribution in [1.29, 1.82) is 0 Å². The molecule has 0 spiro atoms. The highest BCUT2D eigenvalue weighted by Crippen LogP contribution is 2.13. The first kappa shape index (κ1) is 13.8. The van der Waals surface area contributed by atoms with Gasteiger partial charge in [-0.3, -0.25) is 0 Å². The number of benzene rings is 2. The third-order valence-corrected chi connectivity index (χ3v) is 2.76. The zero-order valence-electron chi connectivity index (χ0n) is 9.97. The van der Waals surface area contributed by atoms with Gasteiger partial charge in [0.05, 0.1) is 0 Å². The van der Waals surface area contributed by atoms with Crippen LogP contribution in [0.3, 0.4) is 0 Å². The second kappa shape index (κ2) is 6.43. The monoisotopic (exact) mass is 247 g/mol. The number of halogens is 1. The first-order chi connectivity index (χ1) is 7.75. The molecule has 1 atom stereocenters. The highest BCUT2D eigenvalue weighted by atomic mass is 35.5. The van der Waals surface area contributed by atoms with Gasteiger partial charge in [-0.1, -0.05) is 54.6 Å². The molecule has 0 radical (unpaired) electrons. The van der Waals surface area contributed by atoms with E-state index >= 15 is 0 Å². The van der Waals surface area contributed by atoms with E-state index in [9.17, 15) is 0 Å². The van der Waals surface area contributed by atoms with Crippen LogP contribution in [0.2, 0.25) is 0 Å². The van der Waals surface area contributed by atoms with E-state index in [1.807, 2.05) is 13.0 Å². The van der Waals surface area contributed by atoms with Crippen molar-refractivity contribution in [1.82, 2.24) is 0 Å². The van der Waals surface area contributed by atoms with E-state index in [-0.39, 0.29) is 18.4 Å². The Hall–Kier alpha value is -1.31. The summed E-state index contributed by atoms with van der Waals surface area (Å²) in [6, 6.07) is 19.2. The number of hydrogen-bond donors (Lipinski definition) is 1. The quantitative estimate of drug-likeness (QED) is 0.879. The summed E-state index contributed by atoms with van der Waals surface area (Å²) in [6.45, 7) is 2.01. The summed E-state index contributed by atoms with van der Waals surface area (Å²) in [5.74, 6) is 0. The van der Waals surface area contributed by atoms with Gasteiger partial charge in [0.25, 0.3) is 0 Å². The van der Waals surface area contributed by atoms with Crippen molar-refractivity contribution in [3.63, 3.8) is 0 Å². The van der Waals surface area contributed by atoms with Crippen LogP contribution in [0.5, 0.6) is 0 Å². The van der Waals surface area contributed by atoms with Gasteiger partial charge < -0.3 is 5.73 Å². The van der Waals surface area contributed by atoms with Gasteiger partial charge in [0.1, 0.15) is 0 Å². The minimum absolute atomic E-state index is 0. The average Bonchev–Trinajstić information content (AvgIpc) is 2.31. The smallest absolute Gasteiger partial charge is 0.0266 e. The van der Waals surface area contributed by atoms with Crippen molar-refractivity contribution < 1.29 is 0 Å². The molecule has 0 fully saturated rings. The van der Waals surface area contributed by atoms with Gasteiger partial charge in [-0.2, -0.15) is 0 Å². The van der Waals surface area contributed by atoms with E-state index < -0.39 is 0 Å². The summed E-state index contributed by atoms with van der Waals surface area (Å²) in [5, 5.41) is 0. The number of nitrogens with two attached hydrogens (primary N) is 1. The summed E-state index contributed by atoms with van der Waals surface area (Å²) >= 11 is 0. The van der Waals surface area contributed by atoms with Crippen LogP contribution in [-0.2, 0) is 6.42 Å². The Morgan fingerprint density at radius 2 is 1.41 bits per heavy atom. The molecule has 2 rings (SSSR count). The zero-order valence-corrected chi connectivity index (χ0v) is 10.8. The Balaban J connectivity index is 0.00000144. The lowest BCUT2D eigenvalue weighted by molar-refractivity contribution is 0.817. The van der Waals surface area contributed by atoms with Crippen LogP contribution in [0, 0.1) is 0 Å². The molecule has 0 bridgehead atoms. The van der Waals surface area contributed by atoms with E-state index in [0.29, 0.717) is 0 Å². The van der Waals surface area contributed by atoms with E-state index in [1.165, 1.54) is 16.7 Å². The van der Waals surface area contributed by atoms with Crippen molar-refractivity contribution in [2.45, 2.75) is 19.4 Å². The SMILES string of the molecule is CC(N)c1ccc(Cc2ccccc2)cc1.Cl. The highest BCUT2D eigenvalue weighted by Gasteiger charge is 1.99. The molecule has 1 nitrogen and oxygen atoms in total. The Kier molecular flexibility index (Phi) is 5.20. The van der Waals surface area contributed by atoms with Crippen molar-refractivity contribution in [3.8, 4) is 0 Å². The van der Waals surface area contributed by atoms with Gasteiger partial charge in [-0.15, -0.1) is 12.4 Å². The Morgan fingerprint density at radius 3 is 1.94 bits per heavy atom. The Labute approximate surface area is 109 Å². The lowest BCUT2D eigenvalue weighted by Gasteiger charge is -2.07. The molecule has 17 heavy (non-hydrogen) atoms. The molecule has 0 aliphatic carbocycles. The van der Waals surface area contributed by atoms with Gasteiger partial charge in [-0.05, 0) is 30.0 Å². The van der Waals surface area contributed by atoms with Gasteiger partial charge in [0, 0.05) is 6.04 Å². The van der Waals surface area contributed by atoms with E-state index in [4.69, 9.17) is 5.73 Å². The molecule has 90 valence electrons. The minimum Gasteiger partial charge on any atom is -0.324 e. The molecule has 0 aromatic heterocycles. The number of rotatable bonds is 3. The molecular formula is C15H18ClN. The van der Waals surface area contributed by atoms with Crippen LogP contribution >= 0.6 is 12.4 Å².